The minimum atomic E-state index is -0.302. The molecule has 2 aromatic rings. The molecule has 0 aliphatic carbocycles. The van der Waals surface area contributed by atoms with E-state index in [1.165, 1.54) is 6.08 Å². The van der Waals surface area contributed by atoms with Crippen LogP contribution < -0.4 is 20.1 Å². The van der Waals surface area contributed by atoms with Gasteiger partial charge in [-0.15, -0.1) is 0 Å². The maximum atomic E-state index is 12.0. The number of amides is 1. The zero-order valence-electron chi connectivity index (χ0n) is 15.5. The Balaban J connectivity index is 1.81. The third-order valence-electron chi connectivity index (χ3n) is 3.44. The molecule has 1 amide bonds. The number of thiocarbonyl (C=S) groups is 1. The fourth-order valence-electron chi connectivity index (χ4n) is 2.18. The van der Waals surface area contributed by atoms with Gasteiger partial charge in [-0.1, -0.05) is 19.1 Å². The molecule has 0 saturated carbocycles. The van der Waals surface area contributed by atoms with Crippen LogP contribution in [-0.4, -0.2) is 24.2 Å². The summed E-state index contributed by atoms with van der Waals surface area (Å²) in [5, 5.41) is 5.82. The van der Waals surface area contributed by atoms with Crippen LogP contribution in [0.25, 0.3) is 6.08 Å². The highest BCUT2D eigenvalue weighted by atomic mass is 32.1. The van der Waals surface area contributed by atoms with Crippen LogP contribution in [0.15, 0.2) is 54.6 Å². The van der Waals surface area contributed by atoms with E-state index in [1.54, 1.807) is 6.08 Å². The number of hydrogen-bond acceptors (Lipinski definition) is 4. The Morgan fingerprint density at radius 2 is 1.63 bits per heavy atom. The first-order chi connectivity index (χ1) is 13.1. The molecular weight excluding hydrogens is 360 g/mol. The van der Waals surface area contributed by atoms with E-state index in [-0.39, 0.29) is 11.0 Å². The molecule has 2 rings (SSSR count). The van der Waals surface area contributed by atoms with Gasteiger partial charge in [-0.05, 0) is 73.6 Å². The Morgan fingerprint density at radius 1 is 1.00 bits per heavy atom. The molecular formula is C21H24N2O3S. The summed E-state index contributed by atoms with van der Waals surface area (Å²) < 4.78 is 10.9. The molecule has 0 bridgehead atoms. The minimum absolute atomic E-state index is 0.235. The normalized spacial score (nSPS) is 10.4. The molecule has 5 nitrogen and oxygen atoms in total. The van der Waals surface area contributed by atoms with E-state index in [2.05, 4.69) is 17.6 Å². The van der Waals surface area contributed by atoms with Gasteiger partial charge >= 0.3 is 0 Å². The highest BCUT2D eigenvalue weighted by Crippen LogP contribution is 2.16. The van der Waals surface area contributed by atoms with Crippen molar-refractivity contribution in [2.45, 2.75) is 20.3 Å². The summed E-state index contributed by atoms with van der Waals surface area (Å²) in [6.07, 6.45) is 4.11. The highest BCUT2D eigenvalue weighted by molar-refractivity contribution is 7.80. The van der Waals surface area contributed by atoms with Crippen LogP contribution in [-0.2, 0) is 4.79 Å². The number of ether oxygens (including phenoxy) is 2. The van der Waals surface area contributed by atoms with Gasteiger partial charge in [0.2, 0.25) is 5.91 Å². The third-order valence-corrected chi connectivity index (χ3v) is 3.64. The minimum Gasteiger partial charge on any atom is -0.494 e. The Kier molecular flexibility index (Phi) is 8.32. The molecule has 0 atom stereocenters. The number of anilines is 1. The molecule has 2 N–H and O–H groups in total. The van der Waals surface area contributed by atoms with Crippen molar-refractivity contribution in [1.82, 2.24) is 5.32 Å². The number of nitrogens with one attached hydrogen (secondary N) is 2. The lowest BCUT2D eigenvalue weighted by Gasteiger charge is -2.09. The van der Waals surface area contributed by atoms with Gasteiger partial charge in [0.25, 0.3) is 0 Å². The maximum absolute atomic E-state index is 12.0. The number of benzene rings is 2. The lowest BCUT2D eigenvalue weighted by atomic mass is 10.2. The SMILES string of the molecule is CCCOc1ccc(NC(=S)NC(=O)/C=C/c2ccc(OCC)cc2)cc1. The molecule has 0 saturated heterocycles. The van der Waals surface area contributed by atoms with Crippen LogP contribution in [0, 0.1) is 0 Å². The van der Waals surface area contributed by atoms with Gasteiger partial charge in [0, 0.05) is 11.8 Å². The van der Waals surface area contributed by atoms with Crippen LogP contribution in [0.1, 0.15) is 25.8 Å². The smallest absolute Gasteiger partial charge is 0.250 e. The van der Waals surface area contributed by atoms with Crippen molar-refractivity contribution in [2.75, 3.05) is 18.5 Å². The summed E-state index contributed by atoms with van der Waals surface area (Å²) in [5.41, 5.74) is 1.68. The van der Waals surface area contributed by atoms with Gasteiger partial charge < -0.3 is 14.8 Å². The van der Waals surface area contributed by atoms with E-state index in [0.717, 1.165) is 29.2 Å². The molecule has 6 heteroatoms. The summed E-state index contributed by atoms with van der Waals surface area (Å²) in [6.45, 7) is 5.30. The second-order valence-electron chi connectivity index (χ2n) is 5.65. The standard InChI is InChI=1S/C21H24N2O3S/c1-3-15-26-19-12-8-17(9-13-19)22-21(27)23-20(24)14-7-16-5-10-18(11-6-16)25-4-2/h5-14H,3-4,15H2,1-2H3,(H2,22,23,24,27)/b14-7+. The lowest BCUT2D eigenvalue weighted by Crippen LogP contribution is -2.32. The third kappa shape index (κ3) is 7.50. The molecule has 2 aromatic carbocycles. The summed E-state index contributed by atoms with van der Waals surface area (Å²) in [6, 6.07) is 14.9. The van der Waals surface area contributed by atoms with Gasteiger partial charge in [-0.25, -0.2) is 0 Å². The molecule has 0 aliphatic heterocycles. The van der Waals surface area contributed by atoms with Gasteiger partial charge in [-0.2, -0.15) is 0 Å². The Morgan fingerprint density at radius 3 is 2.26 bits per heavy atom. The van der Waals surface area contributed by atoms with E-state index in [9.17, 15) is 4.79 Å². The quantitative estimate of drug-likeness (QED) is 0.522. The number of rotatable bonds is 8. The maximum Gasteiger partial charge on any atom is 0.250 e. The van der Waals surface area contributed by atoms with E-state index < -0.39 is 0 Å². The molecule has 0 spiro atoms. The van der Waals surface area contributed by atoms with Gasteiger partial charge in [0.1, 0.15) is 11.5 Å². The van der Waals surface area contributed by atoms with Crippen LogP contribution in [0.5, 0.6) is 11.5 Å². The van der Waals surface area contributed by atoms with Gasteiger partial charge in [0.15, 0.2) is 5.11 Å². The molecule has 0 radical (unpaired) electrons. The summed E-state index contributed by atoms with van der Waals surface area (Å²) >= 11 is 5.17. The first-order valence-electron chi connectivity index (χ1n) is 8.86. The molecule has 0 fully saturated rings. The average molecular weight is 385 g/mol. The van der Waals surface area contributed by atoms with Crippen molar-refractivity contribution in [3.63, 3.8) is 0 Å². The summed E-state index contributed by atoms with van der Waals surface area (Å²) in [5.74, 6) is 1.30. The summed E-state index contributed by atoms with van der Waals surface area (Å²) in [7, 11) is 0. The monoisotopic (exact) mass is 384 g/mol. The zero-order valence-corrected chi connectivity index (χ0v) is 16.3. The predicted octanol–water partition coefficient (Wildman–Crippen LogP) is 4.40. The Bertz CT molecular complexity index is 771. The van der Waals surface area contributed by atoms with E-state index >= 15 is 0 Å². The topological polar surface area (TPSA) is 59.6 Å². The second kappa shape index (κ2) is 11.0. The fraction of sp³-hybridized carbons (Fsp3) is 0.238. The number of carbonyl (C=O) groups is 1. The Labute approximate surface area is 165 Å². The first kappa shape index (κ1) is 20.5. The number of hydrogen-bond donors (Lipinski definition) is 2. The highest BCUT2D eigenvalue weighted by Gasteiger charge is 2.02. The van der Waals surface area contributed by atoms with Crippen LogP contribution >= 0.6 is 12.2 Å². The van der Waals surface area contributed by atoms with Crippen molar-refractivity contribution >= 4 is 35.0 Å². The molecule has 0 heterocycles. The molecule has 0 aromatic heterocycles. The van der Waals surface area contributed by atoms with Gasteiger partial charge in [-0.3, -0.25) is 10.1 Å². The summed E-state index contributed by atoms with van der Waals surface area (Å²) in [4.78, 5) is 12.0. The van der Waals surface area contributed by atoms with Crippen LogP contribution in [0.2, 0.25) is 0 Å². The van der Waals surface area contributed by atoms with E-state index in [0.29, 0.717) is 13.2 Å². The second-order valence-corrected chi connectivity index (χ2v) is 6.06. The van der Waals surface area contributed by atoms with E-state index in [4.69, 9.17) is 21.7 Å². The van der Waals surface area contributed by atoms with Crippen molar-refractivity contribution in [3.8, 4) is 11.5 Å². The predicted molar refractivity (Wildman–Crippen MR) is 113 cm³/mol. The molecule has 142 valence electrons. The fourth-order valence-corrected chi connectivity index (χ4v) is 2.40. The number of carbonyl (C=O) groups excluding carboxylic acids is 1. The van der Waals surface area contributed by atoms with Crippen molar-refractivity contribution < 1.29 is 14.3 Å². The van der Waals surface area contributed by atoms with Crippen LogP contribution in [0.3, 0.4) is 0 Å². The lowest BCUT2D eigenvalue weighted by molar-refractivity contribution is -0.115. The van der Waals surface area contributed by atoms with Gasteiger partial charge in [0.05, 0.1) is 13.2 Å². The van der Waals surface area contributed by atoms with Crippen molar-refractivity contribution in [2.24, 2.45) is 0 Å². The largest absolute Gasteiger partial charge is 0.494 e. The molecule has 0 unspecified atom stereocenters. The van der Waals surface area contributed by atoms with Crippen LogP contribution in [0.4, 0.5) is 5.69 Å². The Hall–Kier alpha value is -2.86. The average Bonchev–Trinajstić information content (AvgIpc) is 2.67. The van der Waals surface area contributed by atoms with E-state index in [1.807, 2.05) is 55.5 Å². The van der Waals surface area contributed by atoms with Crippen molar-refractivity contribution in [3.05, 3.63) is 60.2 Å². The van der Waals surface area contributed by atoms with Crippen molar-refractivity contribution in [1.29, 1.82) is 0 Å². The molecule has 0 aliphatic rings. The zero-order chi connectivity index (χ0) is 19.5. The first-order valence-corrected chi connectivity index (χ1v) is 9.27. The molecule has 27 heavy (non-hydrogen) atoms.